The Balaban J connectivity index is 2.26. The molecule has 2 aromatic rings. The lowest BCUT2D eigenvalue weighted by Crippen LogP contribution is -2.31. The summed E-state index contributed by atoms with van der Waals surface area (Å²) in [5.74, 6) is 0.781. The van der Waals surface area contributed by atoms with Crippen LogP contribution in [0, 0.1) is 0 Å². The van der Waals surface area contributed by atoms with E-state index in [4.69, 9.17) is 11.6 Å². The van der Waals surface area contributed by atoms with Crippen LogP contribution in [-0.4, -0.2) is 41.8 Å². The number of halogens is 1. The lowest BCUT2D eigenvalue weighted by Gasteiger charge is -2.20. The Morgan fingerprint density at radius 3 is 2.56 bits per heavy atom. The van der Waals surface area contributed by atoms with Gasteiger partial charge in [-0.15, -0.1) is 10.2 Å². The molecule has 0 spiro atoms. The van der Waals surface area contributed by atoms with Crippen molar-refractivity contribution in [1.82, 2.24) is 15.1 Å². The van der Waals surface area contributed by atoms with Gasteiger partial charge in [-0.1, -0.05) is 35.9 Å². The normalized spacial score (nSPS) is 12.9. The number of aromatic nitrogens is 2. The van der Waals surface area contributed by atoms with E-state index in [-0.39, 0.29) is 0 Å². The number of benzene rings is 1. The number of nitrogens with zero attached hydrogens (tertiary/aromatic N) is 3. The van der Waals surface area contributed by atoms with Crippen molar-refractivity contribution in [3.05, 3.63) is 29.4 Å². The van der Waals surface area contributed by atoms with Gasteiger partial charge in [-0.3, -0.25) is 0 Å². The van der Waals surface area contributed by atoms with Crippen LogP contribution < -0.4 is 5.32 Å². The Morgan fingerprint density at radius 1 is 1.22 bits per heavy atom. The molecule has 1 atom stereocenters. The molecule has 0 aliphatic heterocycles. The quantitative estimate of drug-likeness (QED) is 0.922. The highest BCUT2D eigenvalue weighted by atomic mass is 35.5. The molecule has 5 heteroatoms. The summed E-state index contributed by atoms with van der Waals surface area (Å²) in [6.45, 7) is 2.96. The van der Waals surface area contributed by atoms with Crippen molar-refractivity contribution in [3.8, 4) is 0 Å². The minimum atomic E-state index is 0.418. The summed E-state index contributed by atoms with van der Waals surface area (Å²) in [5, 5.41) is 13.8. The topological polar surface area (TPSA) is 41.1 Å². The number of rotatable bonds is 4. The van der Waals surface area contributed by atoms with Crippen molar-refractivity contribution in [2.45, 2.75) is 13.0 Å². The molecule has 4 nitrogen and oxygen atoms in total. The third-order valence-electron chi connectivity index (χ3n) is 3.09. The van der Waals surface area contributed by atoms with Crippen LogP contribution in [0.4, 0.5) is 5.82 Å². The maximum absolute atomic E-state index is 6.03. The van der Waals surface area contributed by atoms with Gasteiger partial charge in [0.25, 0.3) is 0 Å². The fraction of sp³-hybridized carbons (Fsp3) is 0.385. The molecule has 1 unspecified atom stereocenters. The van der Waals surface area contributed by atoms with Gasteiger partial charge >= 0.3 is 0 Å². The van der Waals surface area contributed by atoms with Gasteiger partial charge in [0.05, 0.1) is 0 Å². The highest BCUT2D eigenvalue weighted by Gasteiger charge is 2.09. The summed E-state index contributed by atoms with van der Waals surface area (Å²) in [6, 6.07) is 8.29. The lowest BCUT2D eigenvalue weighted by molar-refractivity contribution is 0.326. The molecule has 0 saturated carbocycles. The molecule has 2 rings (SSSR count). The lowest BCUT2D eigenvalue weighted by atomic mass is 10.2. The largest absolute Gasteiger partial charge is 0.367 e. The van der Waals surface area contributed by atoms with Crippen LogP contribution in [0.2, 0.25) is 5.15 Å². The average molecular weight is 265 g/mol. The van der Waals surface area contributed by atoms with E-state index >= 15 is 0 Å². The van der Waals surface area contributed by atoms with Gasteiger partial charge in [-0.05, 0) is 21.0 Å². The Bertz CT molecular complexity index is 542. The number of hydrogen-bond donors (Lipinski definition) is 1. The number of nitrogens with one attached hydrogen (secondary N) is 1. The second-order valence-corrected chi connectivity index (χ2v) is 4.94. The SMILES string of the molecule is CC(CNc1nnc(Cl)c2ccccc12)N(C)C. The van der Waals surface area contributed by atoms with Crippen LogP contribution in [0.5, 0.6) is 0 Å². The summed E-state index contributed by atoms with van der Waals surface area (Å²) in [7, 11) is 4.11. The van der Waals surface area contributed by atoms with Gasteiger partial charge in [-0.25, -0.2) is 0 Å². The van der Waals surface area contributed by atoms with E-state index in [1.165, 1.54) is 0 Å². The summed E-state index contributed by atoms with van der Waals surface area (Å²) in [6.07, 6.45) is 0. The fourth-order valence-corrected chi connectivity index (χ4v) is 1.83. The van der Waals surface area contributed by atoms with Crippen molar-refractivity contribution < 1.29 is 0 Å². The first kappa shape index (κ1) is 13.1. The van der Waals surface area contributed by atoms with E-state index in [0.717, 1.165) is 23.1 Å². The Kier molecular flexibility index (Phi) is 3.99. The molecule has 0 fully saturated rings. The number of hydrogen-bond acceptors (Lipinski definition) is 4. The van der Waals surface area contributed by atoms with Crippen LogP contribution in [0.25, 0.3) is 10.8 Å². The highest BCUT2D eigenvalue weighted by molar-refractivity contribution is 6.34. The summed E-state index contributed by atoms with van der Waals surface area (Å²) >= 11 is 6.03. The van der Waals surface area contributed by atoms with Crippen molar-refractivity contribution in [2.75, 3.05) is 26.0 Å². The molecule has 0 aliphatic rings. The van der Waals surface area contributed by atoms with Crippen LogP contribution >= 0.6 is 11.6 Å². The molecule has 0 saturated heterocycles. The molecular formula is C13H17ClN4. The Morgan fingerprint density at radius 2 is 1.89 bits per heavy atom. The maximum Gasteiger partial charge on any atom is 0.159 e. The number of fused-ring (bicyclic) bond motifs is 1. The monoisotopic (exact) mass is 264 g/mol. The predicted molar refractivity (Wildman–Crippen MR) is 76.2 cm³/mol. The zero-order valence-electron chi connectivity index (χ0n) is 10.8. The number of likely N-dealkylation sites (N-methyl/N-ethyl adjacent to an activating group) is 1. The predicted octanol–water partition coefficient (Wildman–Crippen LogP) is 2.65. The summed E-state index contributed by atoms with van der Waals surface area (Å²) < 4.78 is 0. The molecule has 0 amide bonds. The standard InChI is InChI=1S/C13H17ClN4/c1-9(18(2)3)8-15-13-11-7-5-4-6-10(11)12(14)16-17-13/h4-7,9H,8H2,1-3H3,(H,15,17). The second kappa shape index (κ2) is 5.50. The van der Waals surface area contributed by atoms with Gasteiger partial charge < -0.3 is 10.2 Å². The summed E-state index contributed by atoms with van der Waals surface area (Å²) in [5.41, 5.74) is 0. The third-order valence-corrected chi connectivity index (χ3v) is 3.37. The van der Waals surface area contributed by atoms with Crippen molar-refractivity contribution in [2.24, 2.45) is 0 Å². The molecule has 0 bridgehead atoms. The zero-order valence-corrected chi connectivity index (χ0v) is 11.6. The van der Waals surface area contributed by atoms with Gasteiger partial charge in [-0.2, -0.15) is 0 Å². The summed E-state index contributed by atoms with van der Waals surface area (Å²) in [4.78, 5) is 2.15. The van der Waals surface area contributed by atoms with Crippen LogP contribution in [0.1, 0.15) is 6.92 Å². The van der Waals surface area contributed by atoms with Crippen LogP contribution in [0.3, 0.4) is 0 Å². The van der Waals surface area contributed by atoms with E-state index in [1.807, 2.05) is 24.3 Å². The van der Waals surface area contributed by atoms with E-state index in [2.05, 4.69) is 41.4 Å². The van der Waals surface area contributed by atoms with Crippen molar-refractivity contribution in [1.29, 1.82) is 0 Å². The van der Waals surface area contributed by atoms with Gasteiger partial charge in [0.2, 0.25) is 0 Å². The molecule has 18 heavy (non-hydrogen) atoms. The maximum atomic E-state index is 6.03. The molecule has 1 aromatic carbocycles. The molecule has 1 aromatic heterocycles. The highest BCUT2D eigenvalue weighted by Crippen LogP contribution is 2.25. The smallest absolute Gasteiger partial charge is 0.159 e. The zero-order chi connectivity index (χ0) is 13.1. The Hall–Kier alpha value is -1.39. The fourth-order valence-electron chi connectivity index (χ4n) is 1.63. The first-order valence-corrected chi connectivity index (χ1v) is 6.28. The van der Waals surface area contributed by atoms with Gasteiger partial charge in [0, 0.05) is 23.4 Å². The van der Waals surface area contributed by atoms with Crippen LogP contribution in [0.15, 0.2) is 24.3 Å². The molecular weight excluding hydrogens is 248 g/mol. The van der Waals surface area contributed by atoms with E-state index in [9.17, 15) is 0 Å². The van der Waals surface area contributed by atoms with Crippen molar-refractivity contribution in [3.63, 3.8) is 0 Å². The second-order valence-electron chi connectivity index (χ2n) is 4.58. The molecule has 0 radical (unpaired) electrons. The van der Waals surface area contributed by atoms with Crippen molar-refractivity contribution >= 4 is 28.2 Å². The van der Waals surface area contributed by atoms with Crippen LogP contribution in [-0.2, 0) is 0 Å². The average Bonchev–Trinajstić information content (AvgIpc) is 2.38. The van der Waals surface area contributed by atoms with Gasteiger partial charge in [0.1, 0.15) is 0 Å². The van der Waals surface area contributed by atoms with Gasteiger partial charge in [0.15, 0.2) is 11.0 Å². The number of anilines is 1. The molecule has 96 valence electrons. The Labute approximate surface area is 112 Å². The third kappa shape index (κ3) is 2.71. The first-order chi connectivity index (χ1) is 8.59. The van der Waals surface area contributed by atoms with E-state index < -0.39 is 0 Å². The molecule has 0 aliphatic carbocycles. The minimum absolute atomic E-state index is 0.418. The molecule has 1 heterocycles. The first-order valence-electron chi connectivity index (χ1n) is 5.91. The molecule has 1 N–H and O–H groups in total. The minimum Gasteiger partial charge on any atom is -0.367 e. The van der Waals surface area contributed by atoms with E-state index in [0.29, 0.717) is 11.2 Å². The van der Waals surface area contributed by atoms with E-state index in [1.54, 1.807) is 0 Å².